The molecule has 0 atom stereocenters. The molecule has 7 heteroatoms. The topological polar surface area (TPSA) is 30.7 Å². The zero-order valence-corrected chi connectivity index (χ0v) is 9.20. The number of hydrogen-bond acceptors (Lipinski definition) is 2. The average molecular weight is 262 g/mol. The van der Waals surface area contributed by atoms with Gasteiger partial charge in [-0.1, -0.05) is 0 Å². The van der Waals surface area contributed by atoms with Gasteiger partial charge in [0.15, 0.2) is 5.69 Å². The number of hydrogen-bond donors (Lipinski definition) is 0. The first-order valence-corrected chi connectivity index (χ1v) is 5.18. The van der Waals surface area contributed by atoms with Crippen LogP contribution in [0.1, 0.15) is 11.4 Å². The lowest BCUT2D eigenvalue weighted by Gasteiger charge is -2.03. The van der Waals surface area contributed by atoms with Gasteiger partial charge in [0.1, 0.15) is 0 Å². The zero-order chi connectivity index (χ0) is 12.5. The molecule has 0 saturated heterocycles. The Kier molecular flexibility index (Phi) is 3.06. The molecule has 0 radical (unpaired) electrons. The Bertz CT molecular complexity index is 522. The molecule has 0 unspecified atom stereocenters. The van der Waals surface area contributed by atoms with E-state index < -0.39 is 11.9 Å². The maximum absolute atomic E-state index is 12.4. The van der Waals surface area contributed by atoms with E-state index in [9.17, 15) is 13.2 Å². The standard InChI is InChI=1S/C10H7ClF3N3/c11-6-7-5-8(1-3-15-7)17-4-2-9(16-17)10(12,13)14/h1-5H,6H2. The van der Waals surface area contributed by atoms with E-state index >= 15 is 0 Å². The first-order chi connectivity index (χ1) is 8.00. The SMILES string of the molecule is FC(F)(F)c1ccn(-c2ccnc(CCl)c2)n1. The average Bonchev–Trinajstić information content (AvgIpc) is 2.78. The van der Waals surface area contributed by atoms with E-state index in [0.717, 1.165) is 10.7 Å². The first-order valence-electron chi connectivity index (χ1n) is 4.65. The predicted octanol–water partition coefficient (Wildman–Crippen LogP) is 3.02. The van der Waals surface area contributed by atoms with Crippen molar-refractivity contribution in [1.29, 1.82) is 0 Å². The quantitative estimate of drug-likeness (QED) is 0.778. The van der Waals surface area contributed by atoms with E-state index in [1.165, 1.54) is 12.4 Å². The van der Waals surface area contributed by atoms with Crippen molar-refractivity contribution >= 4 is 11.6 Å². The van der Waals surface area contributed by atoms with Crippen molar-refractivity contribution in [3.05, 3.63) is 42.0 Å². The summed E-state index contributed by atoms with van der Waals surface area (Å²) in [7, 11) is 0. The summed E-state index contributed by atoms with van der Waals surface area (Å²) in [6.07, 6.45) is -1.72. The highest BCUT2D eigenvalue weighted by Crippen LogP contribution is 2.27. The largest absolute Gasteiger partial charge is 0.435 e. The highest BCUT2D eigenvalue weighted by Gasteiger charge is 2.33. The number of rotatable bonds is 2. The molecule has 2 aromatic rings. The van der Waals surface area contributed by atoms with Crippen LogP contribution in [0.3, 0.4) is 0 Å². The molecule has 0 bridgehead atoms. The van der Waals surface area contributed by atoms with Gasteiger partial charge in [-0.05, 0) is 18.2 Å². The smallest absolute Gasteiger partial charge is 0.260 e. The molecule has 90 valence electrons. The second kappa shape index (κ2) is 4.37. The molecule has 0 aliphatic rings. The number of nitrogens with zero attached hydrogens (tertiary/aromatic N) is 3. The highest BCUT2D eigenvalue weighted by molar-refractivity contribution is 6.16. The molecule has 0 spiro atoms. The van der Waals surface area contributed by atoms with Gasteiger partial charge in [0, 0.05) is 12.4 Å². The molecule has 0 amide bonds. The number of halogens is 4. The number of pyridine rings is 1. The van der Waals surface area contributed by atoms with Crippen LogP contribution in [0.5, 0.6) is 0 Å². The lowest BCUT2D eigenvalue weighted by molar-refractivity contribution is -0.141. The molecule has 17 heavy (non-hydrogen) atoms. The van der Waals surface area contributed by atoms with Gasteiger partial charge in [-0.25, -0.2) is 4.68 Å². The summed E-state index contributed by atoms with van der Waals surface area (Å²) in [4.78, 5) is 3.94. The summed E-state index contributed by atoms with van der Waals surface area (Å²) in [5.41, 5.74) is 0.140. The third kappa shape index (κ3) is 2.58. The van der Waals surface area contributed by atoms with Crippen molar-refractivity contribution < 1.29 is 13.2 Å². The maximum Gasteiger partial charge on any atom is 0.435 e. The molecular formula is C10H7ClF3N3. The zero-order valence-electron chi connectivity index (χ0n) is 8.45. The van der Waals surface area contributed by atoms with Crippen LogP contribution in [-0.4, -0.2) is 14.8 Å². The molecule has 2 aromatic heterocycles. The Balaban J connectivity index is 2.37. The molecule has 2 rings (SSSR count). The van der Waals surface area contributed by atoms with Crippen LogP contribution in [-0.2, 0) is 12.1 Å². The van der Waals surface area contributed by atoms with Crippen LogP contribution >= 0.6 is 11.6 Å². The Labute approximate surface area is 99.8 Å². The number of alkyl halides is 4. The van der Waals surface area contributed by atoms with E-state index in [-0.39, 0.29) is 5.88 Å². The Morgan fingerprint density at radius 2 is 2.06 bits per heavy atom. The fourth-order valence-electron chi connectivity index (χ4n) is 1.30. The minimum Gasteiger partial charge on any atom is -0.260 e. The summed E-state index contributed by atoms with van der Waals surface area (Å²) >= 11 is 5.59. The molecule has 0 N–H and O–H groups in total. The van der Waals surface area contributed by atoms with Gasteiger partial charge in [0.05, 0.1) is 17.3 Å². The van der Waals surface area contributed by atoms with E-state index in [4.69, 9.17) is 11.6 Å². The lowest BCUT2D eigenvalue weighted by atomic mass is 10.3. The molecule has 3 nitrogen and oxygen atoms in total. The maximum atomic E-state index is 12.4. The molecular weight excluding hydrogens is 255 g/mol. The lowest BCUT2D eigenvalue weighted by Crippen LogP contribution is -2.07. The molecule has 0 aromatic carbocycles. The highest BCUT2D eigenvalue weighted by atomic mass is 35.5. The van der Waals surface area contributed by atoms with Crippen molar-refractivity contribution in [2.75, 3.05) is 0 Å². The third-order valence-electron chi connectivity index (χ3n) is 2.08. The predicted molar refractivity (Wildman–Crippen MR) is 55.9 cm³/mol. The Hall–Kier alpha value is -1.56. The van der Waals surface area contributed by atoms with Crippen LogP contribution in [0, 0.1) is 0 Å². The van der Waals surface area contributed by atoms with Gasteiger partial charge in [0.25, 0.3) is 0 Å². The van der Waals surface area contributed by atoms with Crippen LogP contribution < -0.4 is 0 Å². The minimum absolute atomic E-state index is 0.196. The van der Waals surface area contributed by atoms with Gasteiger partial charge in [-0.15, -0.1) is 11.6 Å². The fraction of sp³-hybridized carbons (Fsp3) is 0.200. The summed E-state index contributed by atoms with van der Waals surface area (Å²) in [5.74, 6) is 0.196. The monoisotopic (exact) mass is 261 g/mol. The van der Waals surface area contributed by atoms with Gasteiger partial charge in [-0.2, -0.15) is 18.3 Å². The second-order valence-corrected chi connectivity index (χ2v) is 3.55. The van der Waals surface area contributed by atoms with Crippen molar-refractivity contribution in [3.63, 3.8) is 0 Å². The fourth-order valence-corrected chi connectivity index (χ4v) is 1.45. The van der Waals surface area contributed by atoms with Crippen LogP contribution in [0.2, 0.25) is 0 Å². The van der Waals surface area contributed by atoms with Gasteiger partial charge >= 0.3 is 6.18 Å². The number of aromatic nitrogens is 3. The van der Waals surface area contributed by atoms with Gasteiger partial charge in [0.2, 0.25) is 0 Å². The molecule has 0 aliphatic carbocycles. The van der Waals surface area contributed by atoms with Crippen molar-refractivity contribution in [3.8, 4) is 5.69 Å². The summed E-state index contributed by atoms with van der Waals surface area (Å²) in [6.45, 7) is 0. The van der Waals surface area contributed by atoms with E-state index in [0.29, 0.717) is 11.4 Å². The summed E-state index contributed by atoms with van der Waals surface area (Å²) in [5, 5.41) is 3.45. The minimum atomic E-state index is -4.44. The first kappa shape index (κ1) is 11.9. The van der Waals surface area contributed by atoms with E-state index in [2.05, 4.69) is 10.1 Å². The van der Waals surface area contributed by atoms with Crippen molar-refractivity contribution in [1.82, 2.24) is 14.8 Å². The summed E-state index contributed by atoms with van der Waals surface area (Å²) in [6, 6.07) is 4.06. The Morgan fingerprint density at radius 3 is 2.65 bits per heavy atom. The van der Waals surface area contributed by atoms with E-state index in [1.807, 2.05) is 0 Å². The van der Waals surface area contributed by atoms with Crippen LogP contribution in [0.4, 0.5) is 13.2 Å². The van der Waals surface area contributed by atoms with Crippen LogP contribution in [0.25, 0.3) is 5.69 Å². The molecule has 0 aliphatic heterocycles. The van der Waals surface area contributed by atoms with Crippen molar-refractivity contribution in [2.45, 2.75) is 12.1 Å². The van der Waals surface area contributed by atoms with Crippen LogP contribution in [0.15, 0.2) is 30.6 Å². The normalized spacial score (nSPS) is 11.8. The third-order valence-corrected chi connectivity index (χ3v) is 2.35. The van der Waals surface area contributed by atoms with Gasteiger partial charge < -0.3 is 0 Å². The Morgan fingerprint density at radius 1 is 1.29 bits per heavy atom. The second-order valence-electron chi connectivity index (χ2n) is 3.28. The van der Waals surface area contributed by atoms with Gasteiger partial charge in [-0.3, -0.25) is 4.98 Å². The summed E-state index contributed by atoms with van der Waals surface area (Å²) < 4.78 is 38.2. The van der Waals surface area contributed by atoms with Crippen molar-refractivity contribution in [2.24, 2.45) is 0 Å². The molecule has 0 fully saturated rings. The van der Waals surface area contributed by atoms with E-state index in [1.54, 1.807) is 12.1 Å². The molecule has 2 heterocycles. The molecule has 0 saturated carbocycles.